The van der Waals surface area contributed by atoms with E-state index in [0.29, 0.717) is 6.10 Å². The Hall–Kier alpha value is -0.120. The van der Waals surface area contributed by atoms with Crippen LogP contribution in [0.2, 0.25) is 0 Å². The van der Waals surface area contributed by atoms with Crippen LogP contribution in [0.3, 0.4) is 0 Å². The van der Waals surface area contributed by atoms with Crippen LogP contribution in [0.4, 0.5) is 0 Å². The predicted octanol–water partition coefficient (Wildman–Crippen LogP) is 2.55. The fourth-order valence-electron chi connectivity index (χ4n) is 1.99. The first-order valence-corrected chi connectivity index (χ1v) is 6.85. The maximum absolute atomic E-state index is 5.72. The fraction of sp³-hybridized carbons (Fsp3) is 1.00. The van der Waals surface area contributed by atoms with E-state index in [-0.39, 0.29) is 5.60 Å². The van der Waals surface area contributed by atoms with E-state index in [1.54, 1.807) is 0 Å². The molecule has 0 aromatic heterocycles. The van der Waals surface area contributed by atoms with Crippen molar-refractivity contribution in [3.63, 3.8) is 0 Å². The van der Waals surface area contributed by atoms with Crippen molar-refractivity contribution in [2.75, 3.05) is 32.8 Å². The number of hydrogen-bond acceptors (Lipinski definition) is 3. The van der Waals surface area contributed by atoms with E-state index < -0.39 is 0 Å². The van der Waals surface area contributed by atoms with Crippen molar-refractivity contribution in [2.24, 2.45) is 5.92 Å². The van der Waals surface area contributed by atoms with E-state index >= 15 is 0 Å². The summed E-state index contributed by atoms with van der Waals surface area (Å²) < 4.78 is 11.3. The summed E-state index contributed by atoms with van der Waals surface area (Å²) >= 11 is 0. The highest BCUT2D eigenvalue weighted by molar-refractivity contribution is 4.79. The average molecular weight is 243 g/mol. The predicted molar refractivity (Wildman–Crippen MR) is 71.3 cm³/mol. The van der Waals surface area contributed by atoms with Crippen LogP contribution in [-0.4, -0.2) is 49.5 Å². The summed E-state index contributed by atoms with van der Waals surface area (Å²) in [5, 5.41) is 0. The monoisotopic (exact) mass is 243 g/mol. The number of likely N-dealkylation sites (tertiary alicyclic amines) is 1. The van der Waals surface area contributed by atoms with Gasteiger partial charge in [0.15, 0.2) is 0 Å². The summed E-state index contributed by atoms with van der Waals surface area (Å²) in [5.41, 5.74) is -0.00459. The third-order valence-corrected chi connectivity index (χ3v) is 2.95. The molecule has 0 atom stereocenters. The van der Waals surface area contributed by atoms with E-state index in [1.165, 1.54) is 19.5 Å². The van der Waals surface area contributed by atoms with E-state index in [9.17, 15) is 0 Å². The minimum Gasteiger partial charge on any atom is -0.379 e. The Morgan fingerprint density at radius 1 is 1.18 bits per heavy atom. The molecule has 0 aliphatic carbocycles. The quantitative estimate of drug-likeness (QED) is 0.686. The summed E-state index contributed by atoms with van der Waals surface area (Å²) in [7, 11) is 0. The first-order chi connectivity index (χ1) is 7.87. The molecular formula is C14H29NO2. The number of nitrogens with zero attached hydrogens (tertiary/aromatic N) is 1. The molecule has 3 nitrogen and oxygen atoms in total. The van der Waals surface area contributed by atoms with Crippen molar-refractivity contribution < 1.29 is 9.47 Å². The zero-order valence-electron chi connectivity index (χ0n) is 12.2. The summed E-state index contributed by atoms with van der Waals surface area (Å²) in [5.74, 6) is 0.836. The molecule has 1 aliphatic heterocycles. The molecule has 1 heterocycles. The van der Waals surface area contributed by atoms with Crippen LogP contribution in [0.15, 0.2) is 0 Å². The molecule has 102 valence electrons. The zero-order chi connectivity index (χ0) is 12.9. The summed E-state index contributed by atoms with van der Waals surface area (Å²) in [4.78, 5) is 2.46. The van der Waals surface area contributed by atoms with Gasteiger partial charge >= 0.3 is 0 Å². The smallest absolute Gasteiger partial charge is 0.0600 e. The van der Waals surface area contributed by atoms with Gasteiger partial charge in [0.25, 0.3) is 0 Å². The Kier molecular flexibility index (Phi) is 5.90. The lowest BCUT2D eigenvalue weighted by atomic mass is 9.97. The molecule has 17 heavy (non-hydrogen) atoms. The zero-order valence-corrected chi connectivity index (χ0v) is 12.2. The standard InChI is InChI=1S/C14H29NO2/c1-12(2)16-8-6-13-10-15(11-13)7-9-17-14(3,4)5/h12-13H,6-11H2,1-5H3. The third kappa shape index (κ3) is 7.02. The van der Waals surface area contributed by atoms with Gasteiger partial charge in [0, 0.05) is 26.2 Å². The molecular weight excluding hydrogens is 214 g/mol. The lowest BCUT2D eigenvalue weighted by Gasteiger charge is -2.39. The molecule has 0 spiro atoms. The van der Waals surface area contributed by atoms with Crippen LogP contribution in [0.1, 0.15) is 41.0 Å². The number of hydrogen-bond donors (Lipinski definition) is 0. The average Bonchev–Trinajstić information content (AvgIpc) is 2.10. The maximum Gasteiger partial charge on any atom is 0.0600 e. The Balaban J connectivity index is 1.93. The molecule has 1 fully saturated rings. The number of rotatable bonds is 7. The molecule has 1 aliphatic rings. The Labute approximate surface area is 106 Å². The summed E-state index contributed by atoms with van der Waals surface area (Å²) in [6, 6.07) is 0. The van der Waals surface area contributed by atoms with Crippen LogP contribution in [-0.2, 0) is 9.47 Å². The van der Waals surface area contributed by atoms with Crippen molar-refractivity contribution in [2.45, 2.75) is 52.7 Å². The second kappa shape index (κ2) is 6.72. The van der Waals surface area contributed by atoms with Crippen molar-refractivity contribution in [1.82, 2.24) is 4.90 Å². The van der Waals surface area contributed by atoms with E-state index in [1.807, 2.05) is 0 Å². The lowest BCUT2D eigenvalue weighted by molar-refractivity contribution is -0.0320. The highest BCUT2D eigenvalue weighted by atomic mass is 16.5. The highest BCUT2D eigenvalue weighted by Crippen LogP contribution is 2.19. The number of ether oxygens (including phenoxy) is 2. The fourth-order valence-corrected chi connectivity index (χ4v) is 1.99. The molecule has 0 saturated carbocycles. The van der Waals surface area contributed by atoms with Crippen LogP contribution < -0.4 is 0 Å². The van der Waals surface area contributed by atoms with Gasteiger partial charge in [-0.15, -0.1) is 0 Å². The molecule has 0 aromatic carbocycles. The Morgan fingerprint density at radius 2 is 1.82 bits per heavy atom. The molecule has 1 saturated heterocycles. The van der Waals surface area contributed by atoms with Crippen LogP contribution in [0.5, 0.6) is 0 Å². The van der Waals surface area contributed by atoms with Crippen LogP contribution in [0.25, 0.3) is 0 Å². The second-order valence-electron chi connectivity index (χ2n) is 6.29. The van der Waals surface area contributed by atoms with Crippen molar-refractivity contribution >= 4 is 0 Å². The molecule has 0 unspecified atom stereocenters. The van der Waals surface area contributed by atoms with Gasteiger partial charge in [-0.1, -0.05) is 0 Å². The lowest BCUT2D eigenvalue weighted by Crippen LogP contribution is -2.48. The Morgan fingerprint density at radius 3 is 2.35 bits per heavy atom. The largest absolute Gasteiger partial charge is 0.379 e. The van der Waals surface area contributed by atoms with Crippen molar-refractivity contribution in [3.8, 4) is 0 Å². The van der Waals surface area contributed by atoms with Gasteiger partial charge in [-0.05, 0) is 47.0 Å². The van der Waals surface area contributed by atoms with Gasteiger partial charge in [0.1, 0.15) is 0 Å². The van der Waals surface area contributed by atoms with E-state index in [4.69, 9.17) is 9.47 Å². The van der Waals surface area contributed by atoms with Crippen LogP contribution in [0, 0.1) is 5.92 Å². The Bertz CT molecular complexity index is 205. The molecule has 0 bridgehead atoms. The van der Waals surface area contributed by atoms with Gasteiger partial charge in [0.05, 0.1) is 18.3 Å². The molecule has 0 radical (unpaired) electrons. The first kappa shape index (κ1) is 14.9. The topological polar surface area (TPSA) is 21.7 Å². The minimum absolute atomic E-state index is 0.00459. The van der Waals surface area contributed by atoms with Gasteiger partial charge in [0.2, 0.25) is 0 Å². The molecule has 0 aromatic rings. The van der Waals surface area contributed by atoms with Crippen molar-refractivity contribution in [3.05, 3.63) is 0 Å². The SMILES string of the molecule is CC(C)OCCC1CN(CCOC(C)(C)C)C1. The van der Waals surface area contributed by atoms with Gasteiger partial charge < -0.3 is 14.4 Å². The van der Waals surface area contributed by atoms with Crippen LogP contribution >= 0.6 is 0 Å². The summed E-state index contributed by atoms with van der Waals surface area (Å²) in [6.07, 6.45) is 1.57. The summed E-state index contributed by atoms with van der Waals surface area (Å²) in [6.45, 7) is 15.8. The van der Waals surface area contributed by atoms with Crippen molar-refractivity contribution in [1.29, 1.82) is 0 Å². The van der Waals surface area contributed by atoms with E-state index in [2.05, 4.69) is 39.5 Å². The second-order valence-corrected chi connectivity index (χ2v) is 6.29. The molecule has 0 N–H and O–H groups in total. The van der Waals surface area contributed by atoms with Gasteiger partial charge in [-0.3, -0.25) is 0 Å². The van der Waals surface area contributed by atoms with E-state index in [0.717, 1.165) is 25.7 Å². The molecule has 0 amide bonds. The third-order valence-electron chi connectivity index (χ3n) is 2.95. The first-order valence-electron chi connectivity index (χ1n) is 6.85. The minimum atomic E-state index is -0.00459. The normalized spacial score (nSPS) is 18.7. The highest BCUT2D eigenvalue weighted by Gasteiger charge is 2.26. The molecule has 3 heteroatoms. The van der Waals surface area contributed by atoms with Gasteiger partial charge in [-0.2, -0.15) is 0 Å². The molecule has 1 rings (SSSR count). The van der Waals surface area contributed by atoms with Gasteiger partial charge in [-0.25, -0.2) is 0 Å². The maximum atomic E-state index is 5.72.